The van der Waals surface area contributed by atoms with E-state index in [0.29, 0.717) is 10.9 Å². The minimum atomic E-state index is -0.262. The number of aryl methyl sites for hydroxylation is 3. The van der Waals surface area contributed by atoms with Crippen molar-refractivity contribution in [3.8, 4) is 0 Å². The Bertz CT molecular complexity index is 1070. The maximum Gasteiger partial charge on any atom is 0.293 e. The number of furan rings is 1. The van der Waals surface area contributed by atoms with Gasteiger partial charge in [-0.25, -0.2) is 4.98 Å². The van der Waals surface area contributed by atoms with Crippen LogP contribution in [-0.2, 0) is 0 Å². The predicted octanol–water partition coefficient (Wildman–Crippen LogP) is 5.22. The summed E-state index contributed by atoms with van der Waals surface area (Å²) in [5.74, 6) is 0.0772. The third-order valence-electron chi connectivity index (χ3n) is 4.28. The molecule has 0 unspecified atom stereocenters. The van der Waals surface area contributed by atoms with Crippen molar-refractivity contribution in [2.24, 2.45) is 0 Å². The number of carbonyl (C=O) groups is 1. The fraction of sp³-hybridized carbons (Fsp3) is 0.158. The van der Waals surface area contributed by atoms with E-state index in [-0.39, 0.29) is 5.91 Å². The third kappa shape index (κ3) is 2.29. The average molecular weight is 336 g/mol. The highest BCUT2D eigenvalue weighted by Gasteiger charge is 2.20. The first kappa shape index (κ1) is 14.9. The van der Waals surface area contributed by atoms with Gasteiger partial charge in [0, 0.05) is 21.2 Å². The lowest BCUT2D eigenvalue weighted by Crippen LogP contribution is -2.11. The monoisotopic (exact) mass is 336 g/mol. The molecule has 1 amide bonds. The van der Waals surface area contributed by atoms with Gasteiger partial charge in [-0.1, -0.05) is 36.4 Å². The van der Waals surface area contributed by atoms with E-state index in [9.17, 15) is 4.79 Å². The van der Waals surface area contributed by atoms with Crippen molar-refractivity contribution in [2.45, 2.75) is 20.8 Å². The normalized spacial score (nSPS) is 11.3. The molecule has 2 aromatic heterocycles. The van der Waals surface area contributed by atoms with Gasteiger partial charge in [-0.2, -0.15) is 0 Å². The molecular weight excluding hydrogens is 320 g/mol. The van der Waals surface area contributed by atoms with Gasteiger partial charge in [-0.05, 0) is 26.2 Å². The van der Waals surface area contributed by atoms with Gasteiger partial charge in [0.25, 0.3) is 5.91 Å². The highest BCUT2D eigenvalue weighted by Crippen LogP contribution is 2.32. The maximum atomic E-state index is 12.6. The van der Waals surface area contributed by atoms with Crippen LogP contribution in [0.5, 0.6) is 0 Å². The molecule has 4 aromatic rings. The summed E-state index contributed by atoms with van der Waals surface area (Å²) < 4.78 is 5.95. The van der Waals surface area contributed by atoms with Gasteiger partial charge in [0.1, 0.15) is 5.58 Å². The Hall–Kier alpha value is -2.66. The molecule has 0 fully saturated rings. The van der Waals surface area contributed by atoms with Crippen LogP contribution in [0.25, 0.3) is 21.7 Å². The van der Waals surface area contributed by atoms with Crippen molar-refractivity contribution >= 4 is 44.1 Å². The van der Waals surface area contributed by atoms with Crippen LogP contribution in [0.1, 0.15) is 26.7 Å². The predicted molar refractivity (Wildman–Crippen MR) is 98.0 cm³/mol. The van der Waals surface area contributed by atoms with Gasteiger partial charge in [-0.15, -0.1) is 11.3 Å². The minimum Gasteiger partial charge on any atom is -0.450 e. The largest absolute Gasteiger partial charge is 0.450 e. The van der Waals surface area contributed by atoms with Crippen LogP contribution in [0.2, 0.25) is 0 Å². The Kier molecular flexibility index (Phi) is 3.39. The number of rotatable bonds is 2. The molecule has 0 aliphatic carbocycles. The second-order valence-electron chi connectivity index (χ2n) is 5.83. The standard InChI is InChI=1S/C19H16N2O2S/c1-10-14-9-8-13-6-4-5-7-15(13)17(14)23-16(10)18(22)21-19-20-11(2)12(3)24-19/h4-9H,1-3H3,(H,20,21,22). The number of hydrogen-bond acceptors (Lipinski definition) is 4. The number of anilines is 1. The summed E-state index contributed by atoms with van der Waals surface area (Å²) in [4.78, 5) is 18.1. The number of fused-ring (bicyclic) bond motifs is 3. The molecule has 0 aliphatic rings. The minimum absolute atomic E-state index is 0.262. The number of nitrogens with one attached hydrogen (secondary N) is 1. The molecule has 0 spiro atoms. The molecule has 0 radical (unpaired) electrons. The number of aromatic nitrogens is 1. The van der Waals surface area contributed by atoms with Gasteiger partial charge in [0.2, 0.25) is 0 Å². The topological polar surface area (TPSA) is 55.1 Å². The van der Waals surface area contributed by atoms with E-state index in [1.807, 2.05) is 51.1 Å². The van der Waals surface area contributed by atoms with Gasteiger partial charge in [-0.3, -0.25) is 10.1 Å². The average Bonchev–Trinajstić information content (AvgIpc) is 3.07. The molecule has 2 heterocycles. The molecule has 4 rings (SSSR count). The Morgan fingerprint density at radius 3 is 2.62 bits per heavy atom. The molecule has 0 saturated carbocycles. The number of thiazole rings is 1. The SMILES string of the molecule is Cc1nc(NC(=O)c2oc3c(ccc4ccccc43)c2C)sc1C. The summed E-state index contributed by atoms with van der Waals surface area (Å²) in [6.45, 7) is 5.83. The number of benzene rings is 2. The fourth-order valence-corrected chi connectivity index (χ4v) is 3.66. The Balaban J connectivity index is 1.80. The van der Waals surface area contributed by atoms with Crippen molar-refractivity contribution in [1.29, 1.82) is 0 Å². The summed E-state index contributed by atoms with van der Waals surface area (Å²) in [5.41, 5.74) is 2.53. The van der Waals surface area contributed by atoms with Gasteiger partial charge >= 0.3 is 0 Å². The van der Waals surface area contributed by atoms with Crippen LogP contribution in [-0.4, -0.2) is 10.9 Å². The zero-order valence-corrected chi connectivity index (χ0v) is 14.5. The fourth-order valence-electron chi connectivity index (χ4n) is 2.85. The van der Waals surface area contributed by atoms with Crippen molar-refractivity contribution in [3.63, 3.8) is 0 Å². The van der Waals surface area contributed by atoms with E-state index < -0.39 is 0 Å². The lowest BCUT2D eigenvalue weighted by atomic mass is 10.1. The molecule has 0 aliphatic heterocycles. The lowest BCUT2D eigenvalue weighted by Gasteiger charge is -1.99. The zero-order valence-electron chi connectivity index (χ0n) is 13.6. The van der Waals surface area contributed by atoms with E-state index in [1.165, 1.54) is 11.3 Å². The first-order valence-corrected chi connectivity index (χ1v) is 8.52. The number of nitrogens with zero attached hydrogens (tertiary/aromatic N) is 1. The highest BCUT2D eigenvalue weighted by molar-refractivity contribution is 7.15. The molecule has 2 aromatic carbocycles. The summed E-state index contributed by atoms with van der Waals surface area (Å²) in [5, 5.41) is 6.51. The second-order valence-corrected chi connectivity index (χ2v) is 7.04. The number of amides is 1. The molecule has 4 nitrogen and oxygen atoms in total. The molecule has 0 saturated heterocycles. The third-order valence-corrected chi connectivity index (χ3v) is 5.27. The van der Waals surface area contributed by atoms with Crippen LogP contribution >= 0.6 is 11.3 Å². The van der Waals surface area contributed by atoms with E-state index in [2.05, 4.69) is 16.4 Å². The van der Waals surface area contributed by atoms with Crippen molar-refractivity contribution < 1.29 is 9.21 Å². The van der Waals surface area contributed by atoms with E-state index in [4.69, 9.17) is 4.42 Å². The molecule has 5 heteroatoms. The Labute approximate surface area is 143 Å². The molecular formula is C19H16N2O2S. The summed E-state index contributed by atoms with van der Waals surface area (Å²) >= 11 is 1.47. The summed E-state index contributed by atoms with van der Waals surface area (Å²) in [6.07, 6.45) is 0. The maximum absolute atomic E-state index is 12.6. The summed E-state index contributed by atoms with van der Waals surface area (Å²) in [7, 11) is 0. The van der Waals surface area contributed by atoms with Gasteiger partial charge in [0.15, 0.2) is 10.9 Å². The van der Waals surface area contributed by atoms with Gasteiger partial charge < -0.3 is 4.42 Å². The Morgan fingerprint density at radius 1 is 1.08 bits per heavy atom. The van der Waals surface area contributed by atoms with Crippen LogP contribution < -0.4 is 5.32 Å². The van der Waals surface area contributed by atoms with Gasteiger partial charge in [0.05, 0.1) is 5.69 Å². The van der Waals surface area contributed by atoms with E-state index in [0.717, 1.165) is 37.9 Å². The second kappa shape index (κ2) is 5.46. The molecule has 0 atom stereocenters. The quantitative estimate of drug-likeness (QED) is 0.546. The zero-order chi connectivity index (χ0) is 16.8. The van der Waals surface area contributed by atoms with Crippen molar-refractivity contribution in [2.75, 3.05) is 5.32 Å². The van der Waals surface area contributed by atoms with Crippen LogP contribution in [0.4, 0.5) is 5.13 Å². The summed E-state index contributed by atoms with van der Waals surface area (Å²) in [6, 6.07) is 12.1. The lowest BCUT2D eigenvalue weighted by molar-refractivity contribution is 0.0998. The molecule has 120 valence electrons. The van der Waals surface area contributed by atoms with Crippen LogP contribution in [0, 0.1) is 20.8 Å². The first-order chi connectivity index (χ1) is 11.5. The van der Waals surface area contributed by atoms with Crippen molar-refractivity contribution in [1.82, 2.24) is 4.98 Å². The highest BCUT2D eigenvalue weighted by atomic mass is 32.1. The van der Waals surface area contributed by atoms with E-state index in [1.54, 1.807) is 0 Å². The molecule has 0 bridgehead atoms. The van der Waals surface area contributed by atoms with Crippen molar-refractivity contribution in [3.05, 3.63) is 58.3 Å². The van der Waals surface area contributed by atoms with Crippen LogP contribution in [0.15, 0.2) is 40.8 Å². The molecule has 1 N–H and O–H groups in total. The first-order valence-electron chi connectivity index (χ1n) is 7.71. The molecule has 24 heavy (non-hydrogen) atoms. The number of carbonyl (C=O) groups excluding carboxylic acids is 1. The Morgan fingerprint density at radius 2 is 1.88 bits per heavy atom. The smallest absolute Gasteiger partial charge is 0.293 e. The number of hydrogen-bond donors (Lipinski definition) is 1. The van der Waals surface area contributed by atoms with E-state index >= 15 is 0 Å². The van der Waals surface area contributed by atoms with Crippen LogP contribution in [0.3, 0.4) is 0 Å².